The van der Waals surface area contributed by atoms with Gasteiger partial charge >= 0.3 is 0 Å². The number of thioether (sulfide) groups is 1. The molecular formula is C31H29NS. The summed E-state index contributed by atoms with van der Waals surface area (Å²) in [7, 11) is 0. The van der Waals surface area contributed by atoms with Crippen molar-refractivity contribution in [2.45, 2.75) is 37.0 Å². The Morgan fingerprint density at radius 3 is 2.42 bits per heavy atom. The maximum atomic E-state index is 4.15. The first-order valence-corrected chi connectivity index (χ1v) is 12.5. The highest BCUT2D eigenvalue weighted by molar-refractivity contribution is 8.03. The van der Waals surface area contributed by atoms with Crippen molar-refractivity contribution in [3.05, 3.63) is 125 Å². The summed E-state index contributed by atoms with van der Waals surface area (Å²) in [4.78, 5) is 2.90. The van der Waals surface area contributed by atoms with E-state index in [0.29, 0.717) is 5.92 Å². The highest BCUT2D eigenvalue weighted by atomic mass is 32.2. The van der Waals surface area contributed by atoms with Crippen LogP contribution in [0.4, 0.5) is 11.4 Å². The van der Waals surface area contributed by atoms with E-state index in [1.165, 1.54) is 26.5 Å². The topological polar surface area (TPSA) is 12.0 Å². The predicted molar refractivity (Wildman–Crippen MR) is 145 cm³/mol. The largest absolute Gasteiger partial charge is 0.356 e. The first kappa shape index (κ1) is 21.6. The number of anilines is 2. The summed E-state index contributed by atoms with van der Waals surface area (Å²) in [6.07, 6.45) is 12.1. The van der Waals surface area contributed by atoms with Crippen molar-refractivity contribution in [1.82, 2.24) is 0 Å². The summed E-state index contributed by atoms with van der Waals surface area (Å²) in [6.45, 7) is 6.29. The maximum Gasteiger partial charge on any atom is 0.0384 e. The van der Waals surface area contributed by atoms with Gasteiger partial charge in [0.15, 0.2) is 0 Å². The van der Waals surface area contributed by atoms with Crippen LogP contribution in [0.5, 0.6) is 0 Å². The molecule has 1 aliphatic heterocycles. The Kier molecular flexibility index (Phi) is 6.37. The normalized spacial score (nSPS) is 17.1. The molecule has 1 unspecified atom stereocenters. The molecule has 0 saturated heterocycles. The van der Waals surface area contributed by atoms with Crippen LogP contribution in [0.1, 0.15) is 48.8 Å². The molecule has 1 atom stereocenters. The third kappa shape index (κ3) is 4.91. The van der Waals surface area contributed by atoms with Crippen LogP contribution in [0, 0.1) is 0 Å². The Morgan fingerprint density at radius 1 is 0.939 bits per heavy atom. The minimum Gasteiger partial charge on any atom is -0.356 e. The fourth-order valence-corrected chi connectivity index (χ4v) is 5.73. The van der Waals surface area contributed by atoms with Crippen LogP contribution < -0.4 is 5.32 Å². The number of hydrogen-bond donors (Lipinski definition) is 1. The van der Waals surface area contributed by atoms with Gasteiger partial charge < -0.3 is 5.32 Å². The van der Waals surface area contributed by atoms with Gasteiger partial charge in [0.05, 0.1) is 0 Å². The molecule has 0 aromatic heterocycles. The van der Waals surface area contributed by atoms with E-state index in [2.05, 4.69) is 116 Å². The third-order valence-corrected chi connectivity index (χ3v) is 7.50. The molecule has 5 rings (SSSR count). The van der Waals surface area contributed by atoms with Gasteiger partial charge in [-0.25, -0.2) is 0 Å². The fourth-order valence-electron chi connectivity index (χ4n) is 4.53. The molecule has 1 nitrogen and oxygen atoms in total. The molecular weight excluding hydrogens is 418 g/mol. The SMILES string of the molecule is C=C(/C=C\CC)c1ccc(Nc2ccc(C3=CC=C4CC(C3)c3ccccc3S4)cc2)cc1. The number of fused-ring (bicyclic) bond motifs is 4. The minimum atomic E-state index is 0.570. The molecule has 2 bridgehead atoms. The van der Waals surface area contributed by atoms with Gasteiger partial charge in [0, 0.05) is 16.3 Å². The lowest BCUT2D eigenvalue weighted by atomic mass is 9.87. The first-order chi connectivity index (χ1) is 16.2. The number of allylic oxidation sites excluding steroid dienone is 7. The Labute approximate surface area is 201 Å². The van der Waals surface area contributed by atoms with Crippen molar-refractivity contribution in [1.29, 1.82) is 0 Å². The summed E-state index contributed by atoms with van der Waals surface area (Å²) >= 11 is 1.93. The molecule has 1 N–H and O–H groups in total. The highest BCUT2D eigenvalue weighted by Crippen LogP contribution is 2.49. The lowest BCUT2D eigenvalue weighted by Crippen LogP contribution is -2.06. The van der Waals surface area contributed by atoms with Gasteiger partial charge in [0.25, 0.3) is 0 Å². The summed E-state index contributed by atoms with van der Waals surface area (Å²) < 4.78 is 0. The van der Waals surface area contributed by atoms with Crippen molar-refractivity contribution in [2.24, 2.45) is 0 Å². The zero-order chi connectivity index (χ0) is 22.6. The van der Waals surface area contributed by atoms with Gasteiger partial charge in [-0.1, -0.05) is 92.0 Å². The van der Waals surface area contributed by atoms with Crippen molar-refractivity contribution in [3.8, 4) is 0 Å². The standard InChI is InChI=1S/C31H29NS/c1-3-4-7-22(2)23-10-15-27(16-11-23)32-28-17-12-24(13-18-28)25-14-19-29-21-26(20-25)30-8-5-6-9-31(30)33-29/h4-19,26,32H,2-3,20-21H2,1H3/b7-4-. The first-order valence-electron chi connectivity index (χ1n) is 11.7. The molecule has 2 heteroatoms. The quantitative estimate of drug-likeness (QED) is 0.378. The van der Waals surface area contributed by atoms with Gasteiger partial charge in [-0.05, 0) is 88.3 Å². The molecule has 1 aliphatic carbocycles. The summed E-state index contributed by atoms with van der Waals surface area (Å²) in [5.74, 6) is 0.570. The number of nitrogens with one attached hydrogen (secondary N) is 1. The monoisotopic (exact) mass is 447 g/mol. The Bertz CT molecular complexity index is 1240. The molecule has 0 saturated carbocycles. The summed E-state index contributed by atoms with van der Waals surface area (Å²) in [5, 5.41) is 3.52. The highest BCUT2D eigenvalue weighted by Gasteiger charge is 2.26. The molecule has 164 valence electrons. The van der Waals surface area contributed by atoms with E-state index in [-0.39, 0.29) is 0 Å². The van der Waals surface area contributed by atoms with Crippen LogP contribution in [0.25, 0.3) is 11.1 Å². The second kappa shape index (κ2) is 9.72. The molecule has 1 heterocycles. The van der Waals surface area contributed by atoms with Crippen LogP contribution in [-0.4, -0.2) is 0 Å². The number of hydrogen-bond acceptors (Lipinski definition) is 2. The van der Waals surface area contributed by atoms with Crippen LogP contribution >= 0.6 is 11.8 Å². The zero-order valence-corrected chi connectivity index (χ0v) is 19.9. The van der Waals surface area contributed by atoms with Gasteiger partial charge in [-0.2, -0.15) is 0 Å². The smallest absolute Gasteiger partial charge is 0.0384 e. The molecule has 3 aromatic rings. The van der Waals surface area contributed by atoms with Gasteiger partial charge in [-0.15, -0.1) is 0 Å². The summed E-state index contributed by atoms with van der Waals surface area (Å²) in [6, 6.07) is 26.2. The number of rotatable bonds is 6. The lowest BCUT2D eigenvalue weighted by molar-refractivity contribution is 0.697. The lowest BCUT2D eigenvalue weighted by Gasteiger charge is -2.26. The Balaban J connectivity index is 1.29. The molecule has 0 fully saturated rings. The van der Waals surface area contributed by atoms with Gasteiger partial charge in [0.2, 0.25) is 0 Å². The van der Waals surface area contributed by atoms with Crippen LogP contribution in [0.2, 0.25) is 0 Å². The third-order valence-electron chi connectivity index (χ3n) is 6.34. The van der Waals surface area contributed by atoms with Gasteiger partial charge in [-0.3, -0.25) is 0 Å². The molecule has 0 spiro atoms. The Morgan fingerprint density at radius 2 is 1.67 bits per heavy atom. The molecule has 33 heavy (non-hydrogen) atoms. The fraction of sp³-hybridized carbons (Fsp3) is 0.161. The number of benzene rings is 3. The average Bonchev–Trinajstić information content (AvgIpc) is 3.03. The van der Waals surface area contributed by atoms with E-state index >= 15 is 0 Å². The van der Waals surface area contributed by atoms with E-state index in [4.69, 9.17) is 0 Å². The van der Waals surface area contributed by atoms with E-state index in [0.717, 1.165) is 41.8 Å². The van der Waals surface area contributed by atoms with Crippen LogP contribution in [0.3, 0.4) is 0 Å². The van der Waals surface area contributed by atoms with E-state index in [9.17, 15) is 0 Å². The molecule has 3 aromatic carbocycles. The zero-order valence-electron chi connectivity index (χ0n) is 19.1. The van der Waals surface area contributed by atoms with E-state index in [1.54, 1.807) is 0 Å². The molecule has 0 amide bonds. The van der Waals surface area contributed by atoms with Crippen LogP contribution in [0.15, 0.2) is 113 Å². The average molecular weight is 448 g/mol. The van der Waals surface area contributed by atoms with Crippen molar-refractivity contribution < 1.29 is 0 Å². The maximum absolute atomic E-state index is 4.15. The minimum absolute atomic E-state index is 0.570. The van der Waals surface area contributed by atoms with Crippen molar-refractivity contribution in [3.63, 3.8) is 0 Å². The molecule has 2 aliphatic rings. The van der Waals surface area contributed by atoms with E-state index in [1.807, 2.05) is 11.8 Å². The van der Waals surface area contributed by atoms with E-state index < -0.39 is 0 Å². The Hall–Kier alpha value is -3.23. The van der Waals surface area contributed by atoms with Crippen molar-refractivity contribution in [2.75, 3.05) is 5.32 Å². The summed E-state index contributed by atoms with van der Waals surface area (Å²) in [5.41, 5.74) is 8.61. The van der Waals surface area contributed by atoms with Crippen molar-refractivity contribution >= 4 is 34.3 Å². The molecule has 0 radical (unpaired) electrons. The predicted octanol–water partition coefficient (Wildman–Crippen LogP) is 9.36. The second-order valence-corrected chi connectivity index (χ2v) is 9.85. The second-order valence-electron chi connectivity index (χ2n) is 8.69. The van der Waals surface area contributed by atoms with Crippen LogP contribution in [-0.2, 0) is 0 Å². The van der Waals surface area contributed by atoms with Gasteiger partial charge in [0.1, 0.15) is 0 Å².